The number of hydrogen-bond acceptors (Lipinski definition) is 4. The summed E-state index contributed by atoms with van der Waals surface area (Å²) in [6, 6.07) is 9.45. The molecule has 1 aliphatic rings. The first-order chi connectivity index (χ1) is 10.7. The first-order valence-electron chi connectivity index (χ1n) is 7.43. The molecule has 0 bridgehead atoms. The van der Waals surface area contributed by atoms with Crippen LogP contribution in [-0.2, 0) is 26.7 Å². The molecule has 0 aromatic heterocycles. The minimum atomic E-state index is -3.48. The van der Waals surface area contributed by atoms with Crippen LogP contribution in [0, 0.1) is 0 Å². The summed E-state index contributed by atoms with van der Waals surface area (Å²) in [5, 5.41) is 0. The van der Waals surface area contributed by atoms with Crippen LogP contribution >= 0.6 is 0 Å². The highest BCUT2D eigenvalue weighted by atomic mass is 32.2. The van der Waals surface area contributed by atoms with Gasteiger partial charge in [0.25, 0.3) is 10.2 Å². The number of piperazine rings is 1. The number of aryl methyl sites for hydroxylation is 1. The van der Waals surface area contributed by atoms with Gasteiger partial charge in [-0.3, -0.25) is 0 Å². The van der Waals surface area contributed by atoms with Crippen molar-refractivity contribution in [1.82, 2.24) is 12.9 Å². The Morgan fingerprint density at radius 3 is 1.96 bits per heavy atom. The van der Waals surface area contributed by atoms with Crippen molar-refractivity contribution in [1.29, 1.82) is 0 Å². The highest BCUT2D eigenvalue weighted by Crippen LogP contribution is 2.14. The highest BCUT2D eigenvalue weighted by molar-refractivity contribution is 7.89. The van der Waals surface area contributed by atoms with Crippen LogP contribution in [0.25, 0.3) is 0 Å². The van der Waals surface area contributed by atoms with Gasteiger partial charge in [-0.25, -0.2) is 8.42 Å². The predicted molar refractivity (Wildman–Crippen MR) is 89.7 cm³/mol. The van der Waals surface area contributed by atoms with E-state index in [1.54, 1.807) is 0 Å². The van der Waals surface area contributed by atoms with Crippen molar-refractivity contribution in [3.05, 3.63) is 35.9 Å². The maximum absolute atomic E-state index is 12.4. The standard InChI is InChI=1S/C14H23N3O4S2/c1-15(2)23(20,21)17-11-9-16(10-12-17)22(18,19)13-8-14-6-4-3-5-7-14/h3-7H,8-13H2,1-2H3. The lowest BCUT2D eigenvalue weighted by Crippen LogP contribution is -2.53. The summed E-state index contributed by atoms with van der Waals surface area (Å²) in [6.45, 7) is 0.768. The Morgan fingerprint density at radius 2 is 1.43 bits per heavy atom. The number of hydrogen-bond donors (Lipinski definition) is 0. The summed E-state index contributed by atoms with van der Waals surface area (Å²) in [7, 11) is -3.91. The molecule has 1 aromatic rings. The van der Waals surface area contributed by atoms with Crippen LogP contribution in [0.2, 0.25) is 0 Å². The second kappa shape index (κ2) is 7.27. The first kappa shape index (κ1) is 18.3. The Hall–Kier alpha value is -1.00. The van der Waals surface area contributed by atoms with Crippen molar-refractivity contribution in [2.45, 2.75) is 6.42 Å². The molecule has 0 amide bonds. The Kier molecular flexibility index (Phi) is 5.79. The van der Waals surface area contributed by atoms with Gasteiger partial charge >= 0.3 is 0 Å². The summed E-state index contributed by atoms with van der Waals surface area (Å²) in [5.41, 5.74) is 0.977. The fraction of sp³-hybridized carbons (Fsp3) is 0.571. The predicted octanol–water partition coefficient (Wildman–Crippen LogP) is -0.0171. The third-order valence-corrected chi connectivity index (χ3v) is 7.68. The van der Waals surface area contributed by atoms with E-state index in [1.807, 2.05) is 30.3 Å². The fourth-order valence-corrected chi connectivity index (χ4v) is 4.99. The van der Waals surface area contributed by atoms with E-state index < -0.39 is 20.2 Å². The molecule has 0 unspecified atom stereocenters. The molecular formula is C14H23N3O4S2. The van der Waals surface area contributed by atoms with Gasteiger partial charge in [0.05, 0.1) is 5.75 Å². The molecule has 1 fully saturated rings. The Labute approximate surface area is 138 Å². The molecule has 130 valence electrons. The van der Waals surface area contributed by atoms with E-state index in [0.29, 0.717) is 6.42 Å². The van der Waals surface area contributed by atoms with Crippen molar-refractivity contribution in [2.75, 3.05) is 46.0 Å². The molecule has 7 nitrogen and oxygen atoms in total. The van der Waals surface area contributed by atoms with Crippen LogP contribution in [0.5, 0.6) is 0 Å². The van der Waals surface area contributed by atoms with Gasteiger partial charge in [0.15, 0.2) is 0 Å². The molecule has 23 heavy (non-hydrogen) atoms. The van der Waals surface area contributed by atoms with Crippen LogP contribution < -0.4 is 0 Å². The molecule has 1 heterocycles. The van der Waals surface area contributed by atoms with Crippen molar-refractivity contribution < 1.29 is 16.8 Å². The third-order valence-electron chi connectivity index (χ3n) is 3.87. The summed E-state index contributed by atoms with van der Waals surface area (Å²) in [5.74, 6) is 0.0391. The normalized spacial score (nSPS) is 18.4. The van der Waals surface area contributed by atoms with E-state index in [1.165, 1.54) is 22.7 Å². The summed E-state index contributed by atoms with van der Waals surface area (Å²) < 4.78 is 52.7. The number of rotatable bonds is 6. The summed E-state index contributed by atoms with van der Waals surface area (Å²) >= 11 is 0. The zero-order valence-electron chi connectivity index (χ0n) is 13.4. The van der Waals surface area contributed by atoms with Crippen molar-refractivity contribution >= 4 is 20.2 Å². The average molecular weight is 361 g/mol. The minimum absolute atomic E-state index is 0.0391. The van der Waals surface area contributed by atoms with E-state index in [9.17, 15) is 16.8 Å². The average Bonchev–Trinajstić information content (AvgIpc) is 2.54. The maximum Gasteiger partial charge on any atom is 0.281 e. The molecule has 0 atom stereocenters. The van der Waals surface area contributed by atoms with Crippen molar-refractivity contribution in [2.24, 2.45) is 0 Å². The lowest BCUT2D eigenvalue weighted by Gasteiger charge is -2.34. The van der Waals surface area contributed by atoms with Crippen LogP contribution in [0.1, 0.15) is 5.56 Å². The van der Waals surface area contributed by atoms with Gasteiger partial charge in [-0.15, -0.1) is 0 Å². The van der Waals surface area contributed by atoms with Crippen LogP contribution in [0.15, 0.2) is 30.3 Å². The van der Waals surface area contributed by atoms with Gasteiger partial charge < -0.3 is 0 Å². The SMILES string of the molecule is CN(C)S(=O)(=O)N1CCN(S(=O)(=O)CCc2ccccc2)CC1. The monoisotopic (exact) mass is 361 g/mol. The van der Waals surface area contributed by atoms with Crippen LogP contribution in [-0.4, -0.2) is 75.8 Å². The molecule has 1 aliphatic heterocycles. The molecule has 0 spiro atoms. The van der Waals surface area contributed by atoms with Crippen LogP contribution in [0.3, 0.4) is 0 Å². The number of sulfonamides is 1. The summed E-state index contributed by atoms with van der Waals surface area (Å²) in [4.78, 5) is 0. The lowest BCUT2D eigenvalue weighted by atomic mass is 10.2. The third kappa shape index (κ3) is 4.51. The van der Waals surface area contributed by atoms with E-state index in [4.69, 9.17) is 0 Å². The zero-order valence-corrected chi connectivity index (χ0v) is 15.1. The van der Waals surface area contributed by atoms with Gasteiger partial charge in [0, 0.05) is 40.3 Å². The first-order valence-corrected chi connectivity index (χ1v) is 10.4. The summed E-state index contributed by atoms with van der Waals surface area (Å²) in [6.07, 6.45) is 0.458. The molecule has 1 saturated heterocycles. The topological polar surface area (TPSA) is 78.0 Å². The van der Waals surface area contributed by atoms with Crippen LogP contribution in [0.4, 0.5) is 0 Å². The van der Waals surface area contributed by atoms with Gasteiger partial charge in [-0.2, -0.15) is 21.3 Å². The molecule has 0 aliphatic carbocycles. The van der Waals surface area contributed by atoms with E-state index in [2.05, 4.69) is 0 Å². The van der Waals surface area contributed by atoms with E-state index in [-0.39, 0.29) is 31.9 Å². The molecular weight excluding hydrogens is 338 g/mol. The number of benzene rings is 1. The van der Waals surface area contributed by atoms with Gasteiger partial charge in [-0.05, 0) is 12.0 Å². The second-order valence-electron chi connectivity index (χ2n) is 5.64. The highest BCUT2D eigenvalue weighted by Gasteiger charge is 2.32. The Bertz CT molecular complexity index is 710. The molecule has 9 heteroatoms. The van der Waals surface area contributed by atoms with E-state index in [0.717, 1.165) is 9.87 Å². The quantitative estimate of drug-likeness (QED) is 0.714. The van der Waals surface area contributed by atoms with Crippen molar-refractivity contribution in [3.63, 3.8) is 0 Å². The molecule has 1 aromatic carbocycles. The molecule has 0 radical (unpaired) electrons. The van der Waals surface area contributed by atoms with Gasteiger partial charge in [0.1, 0.15) is 0 Å². The zero-order chi connectivity index (χ0) is 17.1. The second-order valence-corrected chi connectivity index (χ2v) is 9.87. The van der Waals surface area contributed by atoms with Crippen molar-refractivity contribution in [3.8, 4) is 0 Å². The van der Waals surface area contributed by atoms with E-state index >= 15 is 0 Å². The van der Waals surface area contributed by atoms with Gasteiger partial charge in [-0.1, -0.05) is 30.3 Å². The lowest BCUT2D eigenvalue weighted by molar-refractivity contribution is 0.262. The molecule has 0 N–H and O–H groups in total. The largest absolute Gasteiger partial charge is 0.281 e. The molecule has 0 saturated carbocycles. The fourth-order valence-electron chi connectivity index (χ4n) is 2.43. The number of nitrogens with zero attached hydrogens (tertiary/aromatic N) is 3. The smallest absolute Gasteiger partial charge is 0.212 e. The Balaban J connectivity index is 1.93. The molecule has 2 rings (SSSR count). The Morgan fingerprint density at radius 1 is 0.913 bits per heavy atom. The van der Waals surface area contributed by atoms with Gasteiger partial charge in [0.2, 0.25) is 10.0 Å². The minimum Gasteiger partial charge on any atom is -0.212 e. The maximum atomic E-state index is 12.4.